The average molecular weight is 352 g/mol. The SMILES string of the molecule is CC[C@H]1CCCCN1S(=O)(=O)c1ccc(S(=O)(=O)Cl)cc1. The van der Waals surface area contributed by atoms with Crippen molar-refractivity contribution in [3.05, 3.63) is 24.3 Å². The molecule has 1 saturated heterocycles. The van der Waals surface area contributed by atoms with Crippen LogP contribution < -0.4 is 0 Å². The molecular formula is C13H18ClNO4S2. The largest absolute Gasteiger partial charge is 0.261 e. The highest BCUT2D eigenvalue weighted by atomic mass is 35.7. The van der Waals surface area contributed by atoms with Crippen LogP contribution in [0.25, 0.3) is 0 Å². The van der Waals surface area contributed by atoms with Gasteiger partial charge < -0.3 is 0 Å². The Hall–Kier alpha value is -0.630. The van der Waals surface area contributed by atoms with Gasteiger partial charge in [0.25, 0.3) is 9.05 Å². The molecule has 1 atom stereocenters. The average Bonchev–Trinajstić information content (AvgIpc) is 2.46. The minimum Gasteiger partial charge on any atom is -0.207 e. The van der Waals surface area contributed by atoms with E-state index < -0.39 is 19.1 Å². The molecule has 1 aliphatic rings. The van der Waals surface area contributed by atoms with Gasteiger partial charge in [-0.25, -0.2) is 16.8 Å². The molecule has 0 unspecified atom stereocenters. The molecule has 1 aromatic carbocycles. The fourth-order valence-electron chi connectivity index (χ4n) is 2.61. The van der Waals surface area contributed by atoms with E-state index in [9.17, 15) is 16.8 Å². The minimum atomic E-state index is -3.84. The number of rotatable bonds is 4. The van der Waals surface area contributed by atoms with Crippen molar-refractivity contribution in [3.63, 3.8) is 0 Å². The van der Waals surface area contributed by atoms with Crippen LogP contribution in [-0.2, 0) is 19.1 Å². The predicted octanol–water partition coefficient (Wildman–Crippen LogP) is 2.57. The summed E-state index contributed by atoms with van der Waals surface area (Å²) in [7, 11) is -2.20. The van der Waals surface area contributed by atoms with Crippen LogP contribution in [0.5, 0.6) is 0 Å². The summed E-state index contributed by atoms with van der Waals surface area (Å²) in [5.41, 5.74) is 0. The van der Waals surface area contributed by atoms with Crippen molar-refractivity contribution in [2.45, 2.75) is 48.4 Å². The zero-order valence-corrected chi connectivity index (χ0v) is 14.1. The molecule has 118 valence electrons. The van der Waals surface area contributed by atoms with Crippen molar-refractivity contribution in [1.82, 2.24) is 4.31 Å². The molecular weight excluding hydrogens is 334 g/mol. The van der Waals surface area contributed by atoms with Gasteiger partial charge in [-0.15, -0.1) is 0 Å². The molecule has 21 heavy (non-hydrogen) atoms. The van der Waals surface area contributed by atoms with Gasteiger partial charge >= 0.3 is 0 Å². The maximum atomic E-state index is 12.7. The molecule has 0 amide bonds. The van der Waals surface area contributed by atoms with Gasteiger partial charge in [-0.3, -0.25) is 0 Å². The lowest BCUT2D eigenvalue weighted by Gasteiger charge is -2.34. The van der Waals surface area contributed by atoms with Crippen LogP contribution in [0.15, 0.2) is 34.1 Å². The molecule has 0 N–H and O–H groups in total. The monoisotopic (exact) mass is 351 g/mol. The van der Waals surface area contributed by atoms with Crippen molar-refractivity contribution < 1.29 is 16.8 Å². The van der Waals surface area contributed by atoms with Crippen LogP contribution >= 0.6 is 10.7 Å². The lowest BCUT2D eigenvalue weighted by Crippen LogP contribution is -2.43. The van der Waals surface area contributed by atoms with Crippen LogP contribution in [0.4, 0.5) is 0 Å². The third-order valence-electron chi connectivity index (χ3n) is 3.76. The molecule has 1 heterocycles. The van der Waals surface area contributed by atoms with Gasteiger partial charge in [-0.05, 0) is 43.5 Å². The summed E-state index contributed by atoms with van der Waals surface area (Å²) in [4.78, 5) is 0.000666. The predicted molar refractivity (Wildman–Crippen MR) is 81.3 cm³/mol. The summed E-state index contributed by atoms with van der Waals surface area (Å²) >= 11 is 0. The van der Waals surface area contributed by atoms with Crippen LogP contribution in [0.3, 0.4) is 0 Å². The first-order chi connectivity index (χ1) is 9.76. The maximum absolute atomic E-state index is 12.7. The van der Waals surface area contributed by atoms with E-state index in [1.807, 2.05) is 6.92 Å². The third-order valence-corrected chi connectivity index (χ3v) is 7.09. The fourth-order valence-corrected chi connectivity index (χ4v) is 5.14. The molecule has 0 saturated carbocycles. The zero-order valence-electron chi connectivity index (χ0n) is 11.7. The zero-order chi connectivity index (χ0) is 15.7. The second kappa shape index (κ2) is 6.24. The molecule has 8 heteroatoms. The van der Waals surface area contributed by atoms with Gasteiger partial charge in [0, 0.05) is 23.3 Å². The van der Waals surface area contributed by atoms with Gasteiger partial charge in [-0.1, -0.05) is 13.3 Å². The lowest BCUT2D eigenvalue weighted by molar-refractivity contribution is 0.246. The highest BCUT2D eigenvalue weighted by molar-refractivity contribution is 8.13. The Morgan fingerprint density at radius 3 is 2.19 bits per heavy atom. The summed E-state index contributed by atoms with van der Waals surface area (Å²) in [6, 6.07) is 5.05. The molecule has 5 nitrogen and oxygen atoms in total. The molecule has 1 aliphatic heterocycles. The molecule has 0 bridgehead atoms. The number of hydrogen-bond donors (Lipinski definition) is 0. The molecule has 1 fully saturated rings. The molecule has 2 rings (SSSR count). The van der Waals surface area contributed by atoms with Crippen LogP contribution in [0.2, 0.25) is 0 Å². The number of hydrogen-bond acceptors (Lipinski definition) is 4. The number of halogens is 1. The smallest absolute Gasteiger partial charge is 0.207 e. The van der Waals surface area contributed by atoms with E-state index in [-0.39, 0.29) is 15.8 Å². The lowest BCUT2D eigenvalue weighted by atomic mass is 10.0. The van der Waals surface area contributed by atoms with E-state index in [2.05, 4.69) is 0 Å². The molecule has 0 aliphatic carbocycles. The Morgan fingerprint density at radius 1 is 1.10 bits per heavy atom. The fraction of sp³-hybridized carbons (Fsp3) is 0.538. The molecule has 0 spiro atoms. The summed E-state index contributed by atoms with van der Waals surface area (Å²) < 4.78 is 49.2. The van der Waals surface area contributed by atoms with E-state index in [0.29, 0.717) is 6.54 Å². The van der Waals surface area contributed by atoms with E-state index in [4.69, 9.17) is 10.7 Å². The van der Waals surface area contributed by atoms with E-state index in [1.54, 1.807) is 0 Å². The number of nitrogens with zero attached hydrogens (tertiary/aromatic N) is 1. The third kappa shape index (κ3) is 3.59. The van der Waals surface area contributed by atoms with Crippen molar-refractivity contribution in [2.75, 3.05) is 6.54 Å². The molecule has 1 aromatic rings. The van der Waals surface area contributed by atoms with Crippen molar-refractivity contribution >= 4 is 29.8 Å². The Labute approximate surface area is 130 Å². The van der Waals surface area contributed by atoms with Crippen molar-refractivity contribution in [3.8, 4) is 0 Å². The summed E-state index contributed by atoms with van der Waals surface area (Å²) in [6.07, 6.45) is 3.52. The van der Waals surface area contributed by atoms with Gasteiger partial charge in [0.2, 0.25) is 10.0 Å². The van der Waals surface area contributed by atoms with Crippen LogP contribution in [-0.4, -0.2) is 33.7 Å². The van der Waals surface area contributed by atoms with E-state index in [1.165, 1.54) is 28.6 Å². The quantitative estimate of drug-likeness (QED) is 0.781. The van der Waals surface area contributed by atoms with E-state index >= 15 is 0 Å². The van der Waals surface area contributed by atoms with E-state index in [0.717, 1.165) is 25.7 Å². The van der Waals surface area contributed by atoms with Gasteiger partial charge in [0.1, 0.15) is 0 Å². The summed E-state index contributed by atoms with van der Waals surface area (Å²) in [6.45, 7) is 2.48. The minimum absolute atomic E-state index is 0.0141. The van der Waals surface area contributed by atoms with Crippen molar-refractivity contribution in [2.24, 2.45) is 0 Å². The number of piperidine rings is 1. The topological polar surface area (TPSA) is 71.5 Å². The van der Waals surface area contributed by atoms with Gasteiger partial charge in [0.05, 0.1) is 9.79 Å². The Morgan fingerprint density at radius 2 is 1.67 bits per heavy atom. The standard InChI is InChI=1S/C13H18ClNO4S2/c1-2-11-5-3-4-10-15(11)21(18,19)13-8-6-12(7-9-13)20(14,16)17/h6-9,11H,2-5,10H2,1H3/t11-/m0/s1. The molecule has 0 aromatic heterocycles. The second-order valence-corrected chi connectivity index (χ2v) is 9.54. The maximum Gasteiger partial charge on any atom is 0.261 e. The first kappa shape index (κ1) is 16.7. The van der Waals surface area contributed by atoms with Gasteiger partial charge in [-0.2, -0.15) is 4.31 Å². The first-order valence-electron chi connectivity index (χ1n) is 6.83. The Kier molecular flexibility index (Phi) is 4.97. The second-order valence-electron chi connectivity index (χ2n) is 5.08. The Balaban J connectivity index is 2.35. The highest BCUT2D eigenvalue weighted by Gasteiger charge is 2.32. The summed E-state index contributed by atoms with van der Waals surface area (Å²) in [5.74, 6) is 0. The molecule has 0 radical (unpaired) electrons. The van der Waals surface area contributed by atoms with Crippen molar-refractivity contribution in [1.29, 1.82) is 0 Å². The van der Waals surface area contributed by atoms with Crippen LogP contribution in [0, 0.1) is 0 Å². The number of benzene rings is 1. The Bertz CT molecular complexity index is 698. The normalized spacial score (nSPS) is 21.3. The van der Waals surface area contributed by atoms with Crippen LogP contribution in [0.1, 0.15) is 32.6 Å². The first-order valence-corrected chi connectivity index (χ1v) is 10.6. The van der Waals surface area contributed by atoms with Gasteiger partial charge in [0.15, 0.2) is 0 Å². The summed E-state index contributed by atoms with van der Waals surface area (Å²) in [5, 5.41) is 0. The highest BCUT2D eigenvalue weighted by Crippen LogP contribution is 2.27. The number of sulfonamides is 1.